The number of aromatic nitrogens is 1. The number of hydrogen-bond acceptors (Lipinski definition) is 12. The van der Waals surface area contributed by atoms with E-state index < -0.39 is 24.1 Å². The first-order valence-electron chi connectivity index (χ1n) is 16.2. The van der Waals surface area contributed by atoms with Crippen LogP contribution in [0, 0.1) is 17.8 Å². The topological polar surface area (TPSA) is 144 Å². The van der Waals surface area contributed by atoms with Crippen molar-refractivity contribution in [2.75, 3.05) is 62.9 Å². The van der Waals surface area contributed by atoms with Crippen molar-refractivity contribution in [2.24, 2.45) is 17.8 Å². The number of carbonyl (C=O) groups is 3. The number of benzene rings is 2. The van der Waals surface area contributed by atoms with E-state index in [-0.39, 0.29) is 35.4 Å². The van der Waals surface area contributed by atoms with E-state index in [1.54, 1.807) is 26.4 Å². The average molecular weight is 683 g/mol. The van der Waals surface area contributed by atoms with Crippen molar-refractivity contribution >= 4 is 28.8 Å². The van der Waals surface area contributed by atoms with E-state index in [0.717, 1.165) is 37.2 Å². The lowest BCUT2D eigenvalue weighted by molar-refractivity contribution is -0.176. The summed E-state index contributed by atoms with van der Waals surface area (Å²) in [4.78, 5) is 42.7. The third-order valence-electron chi connectivity index (χ3n) is 10.0. The van der Waals surface area contributed by atoms with E-state index in [0.29, 0.717) is 23.7 Å². The minimum atomic E-state index is -0.670. The quantitative estimate of drug-likeness (QED) is 0.267. The van der Waals surface area contributed by atoms with Crippen molar-refractivity contribution in [3.63, 3.8) is 0 Å². The molecule has 2 fully saturated rings. The summed E-state index contributed by atoms with van der Waals surface area (Å²) >= 11 is 0. The predicted molar refractivity (Wildman–Crippen MR) is 178 cm³/mol. The summed E-state index contributed by atoms with van der Waals surface area (Å²) in [6.45, 7) is 3.04. The van der Waals surface area contributed by atoms with Gasteiger partial charge in [-0.2, -0.15) is 0 Å². The molecule has 1 saturated carbocycles. The summed E-state index contributed by atoms with van der Waals surface area (Å²) in [5, 5.41) is 1.21. The van der Waals surface area contributed by atoms with E-state index in [4.69, 9.17) is 33.2 Å². The van der Waals surface area contributed by atoms with Crippen LogP contribution in [0.4, 0.5) is 0 Å². The number of nitrogens with one attached hydrogen (secondary N) is 1. The van der Waals surface area contributed by atoms with Gasteiger partial charge in [-0.3, -0.25) is 14.5 Å². The zero-order valence-corrected chi connectivity index (χ0v) is 29.3. The number of H-pyrrole nitrogens is 1. The Labute approximate surface area is 286 Å². The maximum atomic E-state index is 13.5. The molecular formula is C36H46N2O11. The number of esters is 3. The second-order valence-electron chi connectivity index (χ2n) is 12.4. The van der Waals surface area contributed by atoms with E-state index in [9.17, 15) is 14.4 Å². The molecular weight excluding hydrogens is 636 g/mol. The minimum Gasteiger partial charge on any atom is -0.497 e. The summed E-state index contributed by atoms with van der Waals surface area (Å²) in [5.74, 6) is 0.195. The molecule has 3 aliphatic rings. The van der Waals surface area contributed by atoms with Crippen molar-refractivity contribution in [3.8, 4) is 23.0 Å². The number of piperidine rings is 1. The second kappa shape index (κ2) is 15.4. The van der Waals surface area contributed by atoms with Gasteiger partial charge in [0.25, 0.3) is 0 Å². The van der Waals surface area contributed by atoms with Crippen LogP contribution in [0.1, 0.15) is 47.4 Å². The van der Waals surface area contributed by atoms with Crippen LogP contribution in [0.3, 0.4) is 0 Å². The molecule has 6 atom stereocenters. The normalized spacial score (nSPS) is 24.2. The Kier molecular flexibility index (Phi) is 11.2. The van der Waals surface area contributed by atoms with Crippen LogP contribution in [0.15, 0.2) is 30.3 Å². The first kappa shape index (κ1) is 35.8. The molecule has 3 aromatic rings. The Bertz CT molecular complexity index is 1640. The van der Waals surface area contributed by atoms with Crippen LogP contribution in [0.5, 0.6) is 23.0 Å². The number of aromatic amines is 1. The molecule has 49 heavy (non-hydrogen) atoms. The van der Waals surface area contributed by atoms with Gasteiger partial charge in [0.1, 0.15) is 18.0 Å². The van der Waals surface area contributed by atoms with Gasteiger partial charge >= 0.3 is 17.9 Å². The zero-order valence-electron chi connectivity index (χ0n) is 29.3. The first-order valence-corrected chi connectivity index (χ1v) is 16.2. The minimum absolute atomic E-state index is 0.0170. The van der Waals surface area contributed by atoms with E-state index in [2.05, 4.69) is 20.7 Å². The Morgan fingerprint density at radius 3 is 2.12 bits per heavy atom. The molecule has 0 radical (unpaired) electrons. The molecule has 1 saturated heterocycles. The number of hydrogen-bond donors (Lipinski definition) is 1. The second-order valence-corrected chi connectivity index (χ2v) is 12.4. The molecule has 1 aliphatic carbocycles. The van der Waals surface area contributed by atoms with E-state index in [1.165, 1.54) is 59.1 Å². The number of rotatable bonds is 8. The van der Waals surface area contributed by atoms with Crippen molar-refractivity contribution in [1.29, 1.82) is 0 Å². The van der Waals surface area contributed by atoms with Crippen molar-refractivity contribution in [2.45, 2.75) is 44.4 Å². The van der Waals surface area contributed by atoms with Crippen molar-refractivity contribution in [1.82, 2.24) is 9.88 Å². The average Bonchev–Trinajstić information content (AvgIpc) is 3.50. The lowest BCUT2D eigenvalue weighted by Crippen LogP contribution is -2.58. The number of methoxy groups -OCH3 is 7. The van der Waals surface area contributed by atoms with E-state index >= 15 is 0 Å². The molecule has 2 aliphatic heterocycles. The van der Waals surface area contributed by atoms with Gasteiger partial charge in [0.2, 0.25) is 5.75 Å². The molecule has 0 spiro atoms. The summed E-state index contributed by atoms with van der Waals surface area (Å²) in [7, 11) is 10.5. The maximum absolute atomic E-state index is 13.5. The molecule has 1 N–H and O–H groups in total. The molecule has 13 heteroatoms. The van der Waals surface area contributed by atoms with Gasteiger partial charge in [-0.1, -0.05) is 0 Å². The Hall–Kier alpha value is -4.49. The van der Waals surface area contributed by atoms with E-state index in [1.807, 2.05) is 12.1 Å². The first-order chi connectivity index (χ1) is 23.6. The van der Waals surface area contributed by atoms with Gasteiger partial charge in [-0.05, 0) is 60.9 Å². The van der Waals surface area contributed by atoms with Crippen molar-refractivity contribution < 1.29 is 52.3 Å². The smallest absolute Gasteiger partial charge is 0.338 e. The Morgan fingerprint density at radius 1 is 0.857 bits per heavy atom. The molecule has 6 rings (SSSR count). The fraction of sp³-hybridized carbons (Fsp3) is 0.528. The van der Waals surface area contributed by atoms with Gasteiger partial charge in [0, 0.05) is 49.8 Å². The lowest BCUT2D eigenvalue weighted by Gasteiger charge is -2.52. The highest BCUT2D eigenvalue weighted by atomic mass is 16.6. The van der Waals surface area contributed by atoms with Crippen LogP contribution in [0.2, 0.25) is 0 Å². The maximum Gasteiger partial charge on any atom is 0.338 e. The van der Waals surface area contributed by atoms with Gasteiger partial charge in [0.05, 0.1) is 60.2 Å². The van der Waals surface area contributed by atoms with Crippen LogP contribution in [-0.4, -0.2) is 103 Å². The number of ether oxygens (including phenoxy) is 8. The van der Waals surface area contributed by atoms with Crippen LogP contribution < -0.4 is 18.9 Å². The molecule has 13 nitrogen and oxygen atoms in total. The summed E-state index contributed by atoms with van der Waals surface area (Å²) in [6, 6.07) is 9.40. The Morgan fingerprint density at radius 2 is 1.55 bits per heavy atom. The van der Waals surface area contributed by atoms with Gasteiger partial charge in [0.15, 0.2) is 11.5 Å². The fourth-order valence-corrected chi connectivity index (χ4v) is 7.76. The predicted octanol–water partition coefficient (Wildman–Crippen LogP) is 4.35. The number of fused-ring (bicyclic) bond motifs is 6. The molecule has 0 unspecified atom stereocenters. The van der Waals surface area contributed by atoms with Gasteiger partial charge in [-0.25, -0.2) is 4.79 Å². The monoisotopic (exact) mass is 682 g/mol. The third-order valence-corrected chi connectivity index (χ3v) is 10.0. The van der Waals surface area contributed by atoms with Crippen LogP contribution in [0.25, 0.3) is 10.9 Å². The largest absolute Gasteiger partial charge is 0.497 e. The van der Waals surface area contributed by atoms with Crippen LogP contribution in [-0.2, 0) is 35.0 Å². The Balaban J connectivity index is 0.000000874. The molecule has 1 aromatic heterocycles. The SMILES string of the molecule is COC(=O)[C@H]1[C@H]2C[C@H]3c4[nH]c5cc(OC)ccc5c4CCN3C[C@H]2C[C@@H](OC(=O)c2cc(OC)c(OC)c(OC)c2)[C@@H]1OC.COC(C)=O. The molecule has 266 valence electrons. The molecule has 3 heterocycles. The van der Waals surface area contributed by atoms with Crippen molar-refractivity contribution in [3.05, 3.63) is 47.2 Å². The fourth-order valence-electron chi connectivity index (χ4n) is 7.76. The number of nitrogens with zero attached hydrogens (tertiary/aromatic N) is 1. The highest BCUT2D eigenvalue weighted by Crippen LogP contribution is 2.51. The third kappa shape index (κ3) is 7.00. The number of carbonyl (C=O) groups excluding carboxylic acids is 3. The van der Waals surface area contributed by atoms with Crippen LogP contribution >= 0.6 is 0 Å². The lowest BCUT2D eigenvalue weighted by atomic mass is 9.63. The zero-order chi connectivity index (χ0) is 35.4. The van der Waals surface area contributed by atoms with Gasteiger partial charge < -0.3 is 42.9 Å². The molecule has 0 amide bonds. The highest BCUT2D eigenvalue weighted by molar-refractivity contribution is 5.91. The molecule has 0 bridgehead atoms. The van der Waals surface area contributed by atoms with Gasteiger partial charge in [-0.15, -0.1) is 0 Å². The summed E-state index contributed by atoms with van der Waals surface area (Å²) in [5.41, 5.74) is 3.83. The highest BCUT2D eigenvalue weighted by Gasteiger charge is 2.54. The summed E-state index contributed by atoms with van der Waals surface area (Å²) < 4.78 is 43.2. The summed E-state index contributed by atoms with van der Waals surface area (Å²) in [6.07, 6.45) is 0.920. The standard InChI is InChI=1S/C33H40N2O9.C3H6O2/c1-38-19-7-8-20-21-9-10-35-16-18-13-27(44-32(36)17-11-25(39-2)30(41-4)26(12-17)40-3)31(42-5)28(33(37)43-6)22(18)15-24(35)29(21)34-23(20)14-19;1-3(4)5-2/h7-8,11-12,14,18,22,24,27-28,31,34H,9-10,13,15-16H2,1-6H3;1-2H3/t18-,22+,24+,27-,28+,31+;/m1./s1. The molecule has 2 aromatic carbocycles.